The maximum atomic E-state index is 12.6. The number of aromatic nitrogens is 2. The number of carbonyl (C=O) groups excluding carboxylic acids is 2. The van der Waals surface area contributed by atoms with Crippen LogP contribution >= 0.6 is 0 Å². The Morgan fingerprint density at radius 2 is 1.93 bits per heavy atom. The van der Waals surface area contributed by atoms with Gasteiger partial charge in [-0.1, -0.05) is 19.9 Å². The van der Waals surface area contributed by atoms with Gasteiger partial charge in [-0.2, -0.15) is 0 Å². The zero-order chi connectivity index (χ0) is 32.3. The predicted octanol–water partition coefficient (Wildman–Crippen LogP) is 5.71. The highest BCUT2D eigenvalue weighted by Crippen LogP contribution is 2.41. The Morgan fingerprint density at radius 3 is 2.60 bits per heavy atom. The number of pyridine rings is 2. The van der Waals surface area contributed by atoms with Crippen molar-refractivity contribution in [1.29, 1.82) is 0 Å². The van der Waals surface area contributed by atoms with Crippen molar-refractivity contribution in [2.24, 2.45) is 11.1 Å². The molecule has 3 aliphatic rings. The third-order valence-corrected chi connectivity index (χ3v) is 11.0. The average Bonchev–Trinajstić information content (AvgIpc) is 3.82. The van der Waals surface area contributed by atoms with Crippen LogP contribution in [-0.4, -0.2) is 60.5 Å². The van der Waals surface area contributed by atoms with Crippen LogP contribution < -0.4 is 15.2 Å². The van der Waals surface area contributed by atoms with E-state index in [0.717, 1.165) is 35.6 Å². The molecule has 2 aromatic heterocycles. The maximum absolute atomic E-state index is 12.6. The summed E-state index contributed by atoms with van der Waals surface area (Å²) in [6.45, 7) is 13.0. The molecule has 240 valence electrons. The first-order valence-corrected chi connectivity index (χ1v) is 17.0. The molecule has 11 heteroatoms. The normalized spacial score (nSPS) is 21.0. The van der Waals surface area contributed by atoms with Crippen molar-refractivity contribution < 1.29 is 23.3 Å². The molecule has 1 saturated heterocycles. The molecule has 1 aliphatic carbocycles. The van der Waals surface area contributed by atoms with Gasteiger partial charge < -0.3 is 19.7 Å². The average molecular weight is 634 g/mol. The number of likely N-dealkylation sites (tertiary alicyclic amines) is 1. The molecule has 1 aromatic carbocycles. The molecule has 6 rings (SSSR count). The zero-order valence-electron chi connectivity index (χ0n) is 26.9. The van der Waals surface area contributed by atoms with Crippen LogP contribution in [0, 0.1) is 5.92 Å². The summed E-state index contributed by atoms with van der Waals surface area (Å²) in [5.41, 5.74) is 1.60. The summed E-state index contributed by atoms with van der Waals surface area (Å²) >= 11 is 0. The molecular formula is C34H43N5O5S. The van der Waals surface area contributed by atoms with Gasteiger partial charge in [-0.25, -0.2) is 19.0 Å². The molecule has 3 atom stereocenters. The van der Waals surface area contributed by atoms with Crippen LogP contribution in [0.4, 0.5) is 11.6 Å². The first-order valence-electron chi connectivity index (χ1n) is 15.8. The molecule has 3 N–H and O–H groups in total. The summed E-state index contributed by atoms with van der Waals surface area (Å²) < 4.78 is 23.9. The molecule has 0 spiro atoms. The summed E-state index contributed by atoms with van der Waals surface area (Å²) in [4.78, 5) is 36.5. The van der Waals surface area contributed by atoms with Crippen LogP contribution in [0.15, 0.2) is 36.5 Å². The van der Waals surface area contributed by atoms with Crippen LogP contribution in [0.25, 0.3) is 10.8 Å². The molecule has 2 aliphatic heterocycles. The number of carbonyl (C=O) groups is 2. The molecule has 2 fully saturated rings. The smallest absolute Gasteiger partial charge is 0.340 e. The van der Waals surface area contributed by atoms with E-state index >= 15 is 0 Å². The van der Waals surface area contributed by atoms with Crippen molar-refractivity contribution in [1.82, 2.24) is 14.9 Å². The minimum atomic E-state index is -1.48. The van der Waals surface area contributed by atoms with Crippen molar-refractivity contribution in [3.63, 3.8) is 0 Å². The highest BCUT2D eigenvalue weighted by molar-refractivity contribution is 7.84. The Morgan fingerprint density at radius 1 is 1.20 bits per heavy atom. The summed E-state index contributed by atoms with van der Waals surface area (Å²) in [6, 6.07) is 9.58. The lowest BCUT2D eigenvalue weighted by atomic mass is 9.84. The maximum Gasteiger partial charge on any atom is 0.340 e. The third-order valence-electron chi connectivity index (χ3n) is 9.70. The minimum absolute atomic E-state index is 0.0715. The molecule has 10 nitrogen and oxygen atoms in total. The van der Waals surface area contributed by atoms with Crippen molar-refractivity contribution in [3.8, 4) is 5.75 Å². The number of amides is 1. The Bertz CT molecular complexity index is 1680. The Balaban J connectivity index is 1.33. The molecule has 0 radical (unpaired) electrons. The van der Waals surface area contributed by atoms with E-state index in [1.54, 1.807) is 12.1 Å². The number of cyclic esters (lactones) is 1. The summed E-state index contributed by atoms with van der Waals surface area (Å²) in [7, 11) is -1.48. The van der Waals surface area contributed by atoms with E-state index in [0.29, 0.717) is 48.2 Å². The Hall–Kier alpha value is -3.57. The number of benzene rings is 1. The summed E-state index contributed by atoms with van der Waals surface area (Å²) in [5.74, 6) is 1.96. The van der Waals surface area contributed by atoms with Crippen LogP contribution in [0.1, 0.15) is 101 Å². The quantitative estimate of drug-likeness (QED) is 0.271. The van der Waals surface area contributed by atoms with E-state index in [1.165, 1.54) is 0 Å². The molecule has 4 heterocycles. The number of hydrogen-bond donors (Lipinski definition) is 2. The fraction of sp³-hybridized carbons (Fsp3) is 0.529. The van der Waals surface area contributed by atoms with E-state index in [9.17, 15) is 13.8 Å². The van der Waals surface area contributed by atoms with Gasteiger partial charge in [0.25, 0.3) is 0 Å². The summed E-state index contributed by atoms with van der Waals surface area (Å²) in [5, 5.41) is 11.1. The van der Waals surface area contributed by atoms with Gasteiger partial charge in [-0.3, -0.25) is 9.93 Å². The topological polar surface area (TPSA) is 137 Å². The fourth-order valence-corrected chi connectivity index (χ4v) is 6.63. The van der Waals surface area contributed by atoms with E-state index in [4.69, 9.17) is 24.6 Å². The lowest BCUT2D eigenvalue weighted by molar-refractivity contribution is -0.141. The van der Waals surface area contributed by atoms with Gasteiger partial charge in [0.15, 0.2) is 0 Å². The second-order valence-electron chi connectivity index (χ2n) is 13.9. The van der Waals surface area contributed by atoms with E-state index in [-0.39, 0.29) is 35.7 Å². The predicted molar refractivity (Wildman–Crippen MR) is 175 cm³/mol. The number of ether oxygens (including phenoxy) is 2. The van der Waals surface area contributed by atoms with Crippen LogP contribution in [-0.2, 0) is 20.5 Å². The lowest BCUT2D eigenvalue weighted by Crippen LogP contribution is -2.56. The van der Waals surface area contributed by atoms with Crippen molar-refractivity contribution in [2.45, 2.75) is 95.5 Å². The summed E-state index contributed by atoms with van der Waals surface area (Å²) in [6.07, 6.45) is 5.20. The number of nitrogens with one attached hydrogen (secondary N) is 1. The monoisotopic (exact) mass is 633 g/mol. The van der Waals surface area contributed by atoms with E-state index in [2.05, 4.69) is 18.3 Å². The Labute approximate surface area is 267 Å². The fourth-order valence-electron chi connectivity index (χ4n) is 6.26. The van der Waals surface area contributed by atoms with Crippen molar-refractivity contribution >= 4 is 45.3 Å². The van der Waals surface area contributed by atoms with Gasteiger partial charge >= 0.3 is 5.97 Å². The molecule has 0 bridgehead atoms. The molecular weight excluding hydrogens is 590 g/mol. The molecule has 3 aromatic rings. The van der Waals surface area contributed by atoms with Crippen molar-refractivity contribution in [2.75, 3.05) is 18.4 Å². The number of esters is 1. The van der Waals surface area contributed by atoms with E-state index < -0.39 is 21.3 Å². The number of anilines is 2. The SMILES string of the molecule is CC[C@@H](CC(C)(C)S(N)=O)c1ccc(OC2CN(C(=O)C3CC3)C2)c2cnc(Nc3ccc4c(n3)[C@@H](C)C(C)(C)OC4=O)cc12. The number of nitrogens with zero attached hydrogens (tertiary/aromatic N) is 3. The molecule has 1 saturated carbocycles. The van der Waals surface area contributed by atoms with Gasteiger partial charge in [-0.05, 0) is 94.5 Å². The molecule has 1 unspecified atom stereocenters. The largest absolute Gasteiger partial charge is 0.486 e. The van der Waals surface area contributed by atoms with Gasteiger partial charge in [0.1, 0.15) is 29.1 Å². The zero-order valence-corrected chi connectivity index (χ0v) is 27.7. The van der Waals surface area contributed by atoms with Gasteiger partial charge in [0, 0.05) is 23.4 Å². The second-order valence-corrected chi connectivity index (χ2v) is 15.6. The van der Waals surface area contributed by atoms with Crippen LogP contribution in [0.2, 0.25) is 0 Å². The highest BCUT2D eigenvalue weighted by Gasteiger charge is 2.41. The number of nitrogens with two attached hydrogens (primary N) is 1. The number of fused-ring (bicyclic) bond motifs is 2. The van der Waals surface area contributed by atoms with Gasteiger partial charge in [0.05, 0.1) is 40.1 Å². The first-order chi connectivity index (χ1) is 21.3. The number of hydrogen-bond acceptors (Lipinski definition) is 8. The standard InChI is InChI=1S/C34H43N5O5S/c1-7-20(15-33(3,4)45(35)42)23-10-12-27(43-22-17-39(18-22)31(40)21-8-9-21)26-16-36-29(14-25(23)26)37-28-13-11-24-30(38-28)19(2)34(5,6)44-32(24)41/h10-14,16,19-22H,7-9,15,17-18,35H2,1-6H3,(H,36,37,38)/t19-,20+,45?/m1/s1. The van der Waals surface area contributed by atoms with Gasteiger partial charge in [-0.15, -0.1) is 0 Å². The lowest BCUT2D eigenvalue weighted by Gasteiger charge is -2.39. The Kier molecular flexibility index (Phi) is 8.14. The molecule has 1 amide bonds. The first kappa shape index (κ1) is 31.4. The van der Waals surface area contributed by atoms with Crippen molar-refractivity contribution in [3.05, 3.63) is 53.3 Å². The van der Waals surface area contributed by atoms with Crippen LogP contribution in [0.3, 0.4) is 0 Å². The van der Waals surface area contributed by atoms with Crippen LogP contribution in [0.5, 0.6) is 5.75 Å². The third kappa shape index (κ3) is 6.16. The minimum Gasteiger partial charge on any atom is -0.486 e. The second kappa shape index (κ2) is 11.7. The highest BCUT2D eigenvalue weighted by atomic mass is 32.2. The van der Waals surface area contributed by atoms with E-state index in [1.807, 2.05) is 57.8 Å². The van der Waals surface area contributed by atoms with Gasteiger partial charge in [0.2, 0.25) is 5.91 Å². The number of rotatable bonds is 10. The molecule has 45 heavy (non-hydrogen) atoms.